The lowest BCUT2D eigenvalue weighted by Gasteiger charge is -2.23. The number of aromatic amines is 1. The summed E-state index contributed by atoms with van der Waals surface area (Å²) in [5.74, 6) is 3.15. The van der Waals surface area contributed by atoms with Gasteiger partial charge in [0.1, 0.15) is 18.0 Å². The first-order chi connectivity index (χ1) is 13.6. The van der Waals surface area contributed by atoms with Crippen molar-refractivity contribution in [2.45, 2.75) is 0 Å². The third kappa shape index (κ3) is 2.77. The molecule has 0 spiro atoms. The molecule has 5 rings (SSSR count). The molecule has 10 nitrogen and oxygen atoms in total. The van der Waals surface area contributed by atoms with Crippen molar-refractivity contribution in [2.75, 3.05) is 36.0 Å². The Morgan fingerprint density at radius 1 is 1.00 bits per heavy atom. The lowest BCUT2D eigenvalue weighted by Crippen LogP contribution is -2.36. The average molecular weight is 380 g/mol. The van der Waals surface area contributed by atoms with E-state index in [2.05, 4.69) is 29.9 Å². The molecule has 2 fully saturated rings. The van der Waals surface area contributed by atoms with E-state index in [-0.39, 0.29) is 11.2 Å². The van der Waals surface area contributed by atoms with E-state index < -0.39 is 0 Å². The number of fused-ring (bicyclic) bond motifs is 1. The minimum Gasteiger partial charge on any atom is -0.357 e. The summed E-state index contributed by atoms with van der Waals surface area (Å²) < 4.78 is 2.80. The van der Waals surface area contributed by atoms with E-state index in [1.807, 2.05) is 18.3 Å². The van der Waals surface area contributed by atoms with Crippen LogP contribution in [0.5, 0.6) is 0 Å². The predicted octanol–water partition coefficient (Wildman–Crippen LogP) is -0.378. The van der Waals surface area contributed by atoms with Crippen molar-refractivity contribution in [3.05, 3.63) is 57.8 Å². The summed E-state index contributed by atoms with van der Waals surface area (Å²) in [5.41, 5.74) is -0.669. The molecule has 2 saturated heterocycles. The summed E-state index contributed by atoms with van der Waals surface area (Å²) in [4.78, 5) is 39.7. The highest BCUT2D eigenvalue weighted by Crippen LogP contribution is 2.34. The van der Waals surface area contributed by atoms with Crippen molar-refractivity contribution in [1.82, 2.24) is 29.3 Å². The summed E-state index contributed by atoms with van der Waals surface area (Å²) >= 11 is 0. The Kier molecular flexibility index (Phi) is 3.78. The van der Waals surface area contributed by atoms with Crippen LogP contribution in [0.25, 0.3) is 5.82 Å². The number of anilines is 2. The van der Waals surface area contributed by atoms with Gasteiger partial charge in [-0.1, -0.05) is 0 Å². The quantitative estimate of drug-likeness (QED) is 0.660. The molecule has 0 saturated carbocycles. The van der Waals surface area contributed by atoms with E-state index in [1.54, 1.807) is 17.2 Å². The molecule has 2 aliphatic heterocycles. The minimum absolute atomic E-state index is 0.287. The minimum atomic E-state index is -0.381. The molecule has 0 aliphatic carbocycles. The molecule has 2 aliphatic rings. The molecule has 0 radical (unpaired) electrons. The van der Waals surface area contributed by atoms with Crippen LogP contribution in [-0.2, 0) is 7.05 Å². The highest BCUT2D eigenvalue weighted by molar-refractivity contribution is 5.46. The molecule has 144 valence electrons. The van der Waals surface area contributed by atoms with Crippen LogP contribution in [0.15, 0.2) is 46.5 Å². The predicted molar refractivity (Wildman–Crippen MR) is 103 cm³/mol. The van der Waals surface area contributed by atoms with Crippen molar-refractivity contribution >= 4 is 11.6 Å². The van der Waals surface area contributed by atoms with Crippen molar-refractivity contribution in [1.29, 1.82) is 0 Å². The number of hydrogen-bond donors (Lipinski definition) is 1. The van der Waals surface area contributed by atoms with Gasteiger partial charge in [0.2, 0.25) is 0 Å². The van der Waals surface area contributed by atoms with Crippen molar-refractivity contribution in [3.63, 3.8) is 0 Å². The van der Waals surface area contributed by atoms with Gasteiger partial charge in [-0.05, 0) is 6.07 Å². The highest BCUT2D eigenvalue weighted by Gasteiger charge is 2.41. The molecule has 2 atom stereocenters. The van der Waals surface area contributed by atoms with Gasteiger partial charge in [0.05, 0.1) is 0 Å². The standard InChI is InChI=1S/C18H20N8O2/c1-23-17(27)6-16(22-18(23)28)25-9-12-7-24(8-13(12)10-25)14-5-15(20-11-19-14)26-4-2-3-21-26/h2-6,11-13H,7-10H2,1H3,(H,22,28). The van der Waals surface area contributed by atoms with Crippen molar-refractivity contribution < 1.29 is 0 Å². The largest absolute Gasteiger partial charge is 0.357 e. The lowest BCUT2D eigenvalue weighted by molar-refractivity contribution is 0.533. The molecule has 2 unspecified atom stereocenters. The second-order valence-electron chi connectivity index (χ2n) is 7.37. The summed E-state index contributed by atoms with van der Waals surface area (Å²) in [5, 5.41) is 4.22. The Labute approximate surface area is 160 Å². The van der Waals surface area contributed by atoms with Crippen LogP contribution in [0, 0.1) is 11.8 Å². The second-order valence-corrected chi connectivity index (χ2v) is 7.37. The topological polar surface area (TPSA) is 105 Å². The van der Waals surface area contributed by atoms with Crippen LogP contribution >= 0.6 is 0 Å². The van der Waals surface area contributed by atoms with E-state index in [4.69, 9.17) is 0 Å². The third-order valence-corrected chi connectivity index (χ3v) is 5.66. The molecule has 10 heteroatoms. The summed E-state index contributed by atoms with van der Waals surface area (Å²) in [7, 11) is 1.47. The number of aromatic nitrogens is 6. The molecule has 0 amide bonds. The molecular weight excluding hydrogens is 360 g/mol. The van der Waals surface area contributed by atoms with Crippen LogP contribution in [0.3, 0.4) is 0 Å². The lowest BCUT2D eigenvalue weighted by atomic mass is 10.0. The smallest absolute Gasteiger partial charge is 0.329 e. The normalized spacial score (nSPS) is 21.3. The maximum atomic E-state index is 11.9. The first kappa shape index (κ1) is 16.7. The fourth-order valence-corrected chi connectivity index (χ4v) is 4.13. The van der Waals surface area contributed by atoms with Crippen LogP contribution in [-0.4, -0.2) is 55.5 Å². The Morgan fingerprint density at radius 2 is 1.71 bits per heavy atom. The van der Waals surface area contributed by atoms with E-state index in [0.717, 1.165) is 42.4 Å². The molecule has 28 heavy (non-hydrogen) atoms. The SMILES string of the molecule is Cn1c(=O)cc(N2CC3CN(c4cc(-n5cccn5)ncn4)CC3C2)[nH]c1=O. The van der Waals surface area contributed by atoms with Crippen molar-refractivity contribution in [3.8, 4) is 5.82 Å². The maximum absolute atomic E-state index is 11.9. The zero-order chi connectivity index (χ0) is 19.3. The van der Waals surface area contributed by atoms with E-state index in [1.165, 1.54) is 13.1 Å². The van der Waals surface area contributed by atoms with Gasteiger partial charge in [-0.3, -0.25) is 14.3 Å². The molecule has 1 N–H and O–H groups in total. The van der Waals surface area contributed by atoms with Gasteiger partial charge in [0.15, 0.2) is 5.82 Å². The van der Waals surface area contributed by atoms with Crippen LogP contribution in [0.4, 0.5) is 11.6 Å². The third-order valence-electron chi connectivity index (χ3n) is 5.66. The fourth-order valence-electron chi connectivity index (χ4n) is 4.13. The van der Waals surface area contributed by atoms with Crippen molar-refractivity contribution in [2.24, 2.45) is 18.9 Å². The summed E-state index contributed by atoms with van der Waals surface area (Å²) in [6, 6.07) is 5.31. The van der Waals surface area contributed by atoms with Gasteiger partial charge in [-0.25, -0.2) is 19.4 Å². The Bertz CT molecular complexity index is 1070. The number of nitrogens with zero attached hydrogens (tertiary/aromatic N) is 7. The molecule has 5 heterocycles. The Balaban J connectivity index is 1.32. The molecule has 0 bridgehead atoms. The fraction of sp³-hybridized carbons (Fsp3) is 0.389. The van der Waals surface area contributed by atoms with E-state index >= 15 is 0 Å². The molecule has 0 aromatic carbocycles. The number of hydrogen-bond acceptors (Lipinski definition) is 7. The average Bonchev–Trinajstić information content (AvgIpc) is 3.41. The maximum Gasteiger partial charge on any atom is 0.329 e. The Morgan fingerprint density at radius 3 is 2.39 bits per heavy atom. The first-order valence-corrected chi connectivity index (χ1v) is 9.21. The first-order valence-electron chi connectivity index (χ1n) is 9.21. The van der Waals surface area contributed by atoms with Gasteiger partial charge in [0, 0.05) is 69.6 Å². The zero-order valence-corrected chi connectivity index (χ0v) is 15.4. The monoisotopic (exact) mass is 380 g/mol. The number of H-pyrrole nitrogens is 1. The molecule has 3 aromatic heterocycles. The second kappa shape index (κ2) is 6.32. The van der Waals surface area contributed by atoms with Gasteiger partial charge in [-0.2, -0.15) is 5.10 Å². The van der Waals surface area contributed by atoms with Crippen LogP contribution in [0.2, 0.25) is 0 Å². The number of nitrogens with one attached hydrogen (secondary N) is 1. The van der Waals surface area contributed by atoms with E-state index in [0.29, 0.717) is 17.7 Å². The van der Waals surface area contributed by atoms with Crippen LogP contribution < -0.4 is 21.0 Å². The van der Waals surface area contributed by atoms with Gasteiger partial charge < -0.3 is 9.80 Å². The highest BCUT2D eigenvalue weighted by atomic mass is 16.2. The van der Waals surface area contributed by atoms with E-state index in [9.17, 15) is 9.59 Å². The van der Waals surface area contributed by atoms with Gasteiger partial charge >= 0.3 is 5.69 Å². The van der Waals surface area contributed by atoms with Gasteiger partial charge in [0.25, 0.3) is 5.56 Å². The summed E-state index contributed by atoms with van der Waals surface area (Å²) in [6.07, 6.45) is 5.14. The Hall–Kier alpha value is -3.43. The molecular formula is C18H20N8O2. The zero-order valence-electron chi connectivity index (χ0n) is 15.4. The van der Waals surface area contributed by atoms with Crippen LogP contribution in [0.1, 0.15) is 0 Å². The summed E-state index contributed by atoms with van der Waals surface area (Å²) in [6.45, 7) is 3.38. The number of rotatable bonds is 3. The molecule has 3 aromatic rings. The van der Waals surface area contributed by atoms with Gasteiger partial charge in [-0.15, -0.1) is 0 Å².